The number of benzene rings is 2. The average Bonchev–Trinajstić information content (AvgIpc) is 3.02. The third kappa shape index (κ3) is 5.42. The van der Waals surface area contributed by atoms with E-state index in [-0.39, 0.29) is 24.1 Å². The Morgan fingerprint density at radius 2 is 1.87 bits per heavy atom. The van der Waals surface area contributed by atoms with Crippen LogP contribution in [0, 0.1) is 6.92 Å². The van der Waals surface area contributed by atoms with E-state index < -0.39 is 6.03 Å². The first-order valence-corrected chi connectivity index (χ1v) is 9.93. The lowest BCUT2D eigenvalue weighted by Gasteiger charge is -2.12. The molecule has 31 heavy (non-hydrogen) atoms. The number of nitrogens with one attached hydrogen (secondary N) is 2. The van der Waals surface area contributed by atoms with Crippen LogP contribution in [0.25, 0.3) is 6.08 Å². The number of carbonyl (C=O) groups excluding carboxylic acids is 3. The summed E-state index contributed by atoms with van der Waals surface area (Å²) in [6.07, 6.45) is 2.26. The number of urea groups is 1. The molecule has 8 heteroatoms. The van der Waals surface area contributed by atoms with E-state index in [1.54, 1.807) is 24.3 Å². The van der Waals surface area contributed by atoms with Crippen LogP contribution in [0.4, 0.5) is 10.5 Å². The molecule has 1 aliphatic heterocycles. The summed E-state index contributed by atoms with van der Waals surface area (Å²) in [6, 6.07) is 12.1. The number of nitrogens with zero attached hydrogens (tertiary/aromatic N) is 1. The maximum Gasteiger partial charge on any atom is 0.329 e. The van der Waals surface area contributed by atoms with Crippen LogP contribution in [-0.4, -0.2) is 43.0 Å². The normalized spacial score (nSPS) is 14.5. The molecule has 0 atom stereocenters. The van der Waals surface area contributed by atoms with Crippen LogP contribution in [0.2, 0.25) is 0 Å². The highest BCUT2D eigenvalue weighted by molar-refractivity contribution is 6.14. The van der Waals surface area contributed by atoms with Crippen molar-refractivity contribution >= 4 is 29.6 Å². The molecule has 8 nitrogen and oxygen atoms in total. The molecular weight excluding hydrogens is 398 g/mol. The zero-order chi connectivity index (χ0) is 22.4. The van der Waals surface area contributed by atoms with Crippen molar-refractivity contribution in [3.05, 3.63) is 59.3 Å². The van der Waals surface area contributed by atoms with Gasteiger partial charge in [-0.05, 0) is 49.2 Å². The minimum absolute atomic E-state index is 0.189. The Bertz CT molecular complexity index is 1010. The van der Waals surface area contributed by atoms with E-state index >= 15 is 0 Å². The van der Waals surface area contributed by atoms with Gasteiger partial charge in [0.15, 0.2) is 18.1 Å². The zero-order valence-corrected chi connectivity index (χ0v) is 17.7. The highest BCUT2D eigenvalue weighted by Gasteiger charge is 2.32. The Morgan fingerprint density at radius 3 is 2.55 bits per heavy atom. The number of rotatable bonds is 8. The van der Waals surface area contributed by atoms with Crippen molar-refractivity contribution in [2.45, 2.75) is 20.3 Å². The van der Waals surface area contributed by atoms with Crippen molar-refractivity contribution in [2.24, 2.45) is 0 Å². The van der Waals surface area contributed by atoms with E-state index in [0.29, 0.717) is 35.7 Å². The second-order valence-electron chi connectivity index (χ2n) is 7.06. The number of aryl methyl sites for hydroxylation is 1. The third-order valence-electron chi connectivity index (χ3n) is 4.60. The summed E-state index contributed by atoms with van der Waals surface area (Å²) in [5.41, 5.74) is 2.64. The van der Waals surface area contributed by atoms with Gasteiger partial charge in [0, 0.05) is 12.2 Å². The number of anilines is 1. The standard InChI is InChI=1S/C23H25N3O5/c1-4-11-26-22(28)18(25-23(26)29)12-16-7-10-19(20(13-16)30-3)31-14-21(27)24-17-8-5-15(2)6-9-17/h5-10,12-13H,4,11,14H2,1-3H3,(H,24,27)(H,25,29)/b18-12+. The van der Waals surface area contributed by atoms with Crippen LogP contribution in [0.1, 0.15) is 24.5 Å². The van der Waals surface area contributed by atoms with Crippen molar-refractivity contribution in [3.63, 3.8) is 0 Å². The highest BCUT2D eigenvalue weighted by atomic mass is 16.5. The molecule has 0 bridgehead atoms. The van der Waals surface area contributed by atoms with Gasteiger partial charge in [-0.2, -0.15) is 0 Å². The summed E-state index contributed by atoms with van der Waals surface area (Å²) in [5.74, 6) is 0.129. The fourth-order valence-electron chi connectivity index (χ4n) is 3.04. The number of methoxy groups -OCH3 is 1. The van der Waals surface area contributed by atoms with Gasteiger partial charge in [0.25, 0.3) is 11.8 Å². The molecule has 3 rings (SSSR count). The van der Waals surface area contributed by atoms with E-state index in [1.807, 2.05) is 38.1 Å². The lowest BCUT2D eigenvalue weighted by molar-refractivity contribution is -0.123. The van der Waals surface area contributed by atoms with Gasteiger partial charge in [0.2, 0.25) is 0 Å². The van der Waals surface area contributed by atoms with E-state index in [1.165, 1.54) is 12.0 Å². The minimum Gasteiger partial charge on any atom is -0.493 e. The molecule has 0 spiro atoms. The molecule has 0 unspecified atom stereocenters. The van der Waals surface area contributed by atoms with Gasteiger partial charge in [-0.25, -0.2) is 4.79 Å². The average molecular weight is 423 g/mol. The highest BCUT2D eigenvalue weighted by Crippen LogP contribution is 2.29. The van der Waals surface area contributed by atoms with Crippen LogP contribution in [0.3, 0.4) is 0 Å². The molecule has 0 radical (unpaired) electrons. The first-order chi connectivity index (χ1) is 14.9. The van der Waals surface area contributed by atoms with Gasteiger partial charge in [-0.15, -0.1) is 0 Å². The molecule has 2 aromatic carbocycles. The van der Waals surface area contributed by atoms with Crippen molar-refractivity contribution in [1.82, 2.24) is 10.2 Å². The lowest BCUT2D eigenvalue weighted by Crippen LogP contribution is -2.31. The van der Waals surface area contributed by atoms with Crippen LogP contribution >= 0.6 is 0 Å². The summed E-state index contributed by atoms with van der Waals surface area (Å²) >= 11 is 0. The van der Waals surface area contributed by atoms with Crippen molar-refractivity contribution in [2.75, 3.05) is 25.6 Å². The molecule has 0 saturated carbocycles. The quantitative estimate of drug-likeness (QED) is 0.502. The molecule has 2 N–H and O–H groups in total. The predicted octanol–water partition coefficient (Wildman–Crippen LogP) is 3.32. The zero-order valence-electron chi connectivity index (χ0n) is 17.7. The molecule has 1 fully saturated rings. The Hall–Kier alpha value is -3.81. The van der Waals surface area contributed by atoms with Gasteiger partial charge < -0.3 is 20.1 Å². The monoisotopic (exact) mass is 423 g/mol. The molecule has 0 aromatic heterocycles. The summed E-state index contributed by atoms with van der Waals surface area (Å²) < 4.78 is 10.9. The maximum absolute atomic E-state index is 12.4. The number of amides is 4. The molecule has 2 aromatic rings. The van der Waals surface area contributed by atoms with Crippen molar-refractivity contribution in [1.29, 1.82) is 0 Å². The Labute approximate surface area is 180 Å². The molecule has 1 heterocycles. The number of hydrogen-bond acceptors (Lipinski definition) is 5. The Balaban J connectivity index is 1.66. The van der Waals surface area contributed by atoms with Crippen LogP contribution < -0.4 is 20.1 Å². The number of hydrogen-bond donors (Lipinski definition) is 2. The van der Waals surface area contributed by atoms with Gasteiger partial charge in [-0.3, -0.25) is 14.5 Å². The summed E-state index contributed by atoms with van der Waals surface area (Å²) in [7, 11) is 1.48. The molecule has 162 valence electrons. The second-order valence-corrected chi connectivity index (χ2v) is 7.06. The van der Waals surface area contributed by atoms with Crippen LogP contribution in [-0.2, 0) is 9.59 Å². The number of carbonyl (C=O) groups is 3. The maximum atomic E-state index is 12.4. The van der Waals surface area contributed by atoms with E-state index in [2.05, 4.69) is 10.6 Å². The largest absolute Gasteiger partial charge is 0.493 e. The van der Waals surface area contributed by atoms with E-state index in [4.69, 9.17) is 9.47 Å². The fourth-order valence-corrected chi connectivity index (χ4v) is 3.04. The predicted molar refractivity (Wildman–Crippen MR) is 117 cm³/mol. The Morgan fingerprint density at radius 1 is 1.13 bits per heavy atom. The Kier molecular flexibility index (Phi) is 6.92. The first-order valence-electron chi connectivity index (χ1n) is 9.93. The van der Waals surface area contributed by atoms with Crippen molar-refractivity contribution in [3.8, 4) is 11.5 Å². The minimum atomic E-state index is -0.426. The summed E-state index contributed by atoms with van der Waals surface area (Å²) in [6.45, 7) is 4.04. The SMILES string of the molecule is CCCN1C(=O)N/C(=C/c2ccc(OCC(=O)Nc3ccc(C)cc3)c(OC)c2)C1=O. The fraction of sp³-hybridized carbons (Fsp3) is 0.261. The van der Waals surface area contributed by atoms with E-state index in [9.17, 15) is 14.4 Å². The van der Waals surface area contributed by atoms with Gasteiger partial charge >= 0.3 is 6.03 Å². The topological polar surface area (TPSA) is 97.0 Å². The lowest BCUT2D eigenvalue weighted by atomic mass is 10.1. The molecule has 4 amide bonds. The van der Waals surface area contributed by atoms with Crippen molar-refractivity contribution < 1.29 is 23.9 Å². The molecule has 1 saturated heterocycles. The number of imide groups is 1. The van der Waals surface area contributed by atoms with Crippen LogP contribution in [0.15, 0.2) is 48.2 Å². The molecule has 1 aliphatic rings. The third-order valence-corrected chi connectivity index (χ3v) is 4.60. The second kappa shape index (κ2) is 9.80. The van der Waals surface area contributed by atoms with Gasteiger partial charge in [0.05, 0.1) is 7.11 Å². The summed E-state index contributed by atoms with van der Waals surface area (Å²) in [5, 5.41) is 5.34. The van der Waals surface area contributed by atoms with Gasteiger partial charge in [0.1, 0.15) is 5.70 Å². The first kappa shape index (κ1) is 21.9. The summed E-state index contributed by atoms with van der Waals surface area (Å²) in [4.78, 5) is 37.6. The smallest absolute Gasteiger partial charge is 0.329 e. The van der Waals surface area contributed by atoms with Crippen LogP contribution in [0.5, 0.6) is 11.5 Å². The molecule has 0 aliphatic carbocycles. The van der Waals surface area contributed by atoms with E-state index in [0.717, 1.165) is 5.56 Å². The molecular formula is C23H25N3O5. The number of ether oxygens (including phenoxy) is 2. The van der Waals surface area contributed by atoms with Gasteiger partial charge in [-0.1, -0.05) is 30.7 Å².